The summed E-state index contributed by atoms with van der Waals surface area (Å²) in [5.74, 6) is -1.33. The van der Waals surface area contributed by atoms with E-state index in [-0.39, 0.29) is 29.8 Å². The number of carbonyl (C=O) groups excluding carboxylic acids is 2. The maximum absolute atomic E-state index is 12.7. The molecule has 0 bridgehead atoms. The molecule has 0 saturated carbocycles. The highest BCUT2D eigenvalue weighted by Crippen LogP contribution is 2.31. The predicted octanol–water partition coefficient (Wildman–Crippen LogP) is 1.17. The number of thioether (sulfide) groups is 1. The van der Waals surface area contributed by atoms with Crippen molar-refractivity contribution in [3.8, 4) is 0 Å². The Hall–Kier alpha value is -4.18. The van der Waals surface area contributed by atoms with Crippen LogP contribution < -0.4 is 10.4 Å². The van der Waals surface area contributed by atoms with Gasteiger partial charge in [-0.2, -0.15) is 4.98 Å². The van der Waals surface area contributed by atoms with Crippen molar-refractivity contribution in [2.24, 2.45) is 0 Å². The molecule has 0 spiro atoms. The highest BCUT2D eigenvalue weighted by molar-refractivity contribution is 8.01. The lowest BCUT2D eigenvalue weighted by Crippen LogP contribution is -2.43. The van der Waals surface area contributed by atoms with Crippen molar-refractivity contribution in [1.29, 1.82) is 0 Å². The van der Waals surface area contributed by atoms with Gasteiger partial charge in [0.05, 0.1) is 23.5 Å². The SMILES string of the molecule is O=C([O-])C[C@@H]1CC[C@H](Sc2n[nH]c(NC(=O)Cc3ccc(CN(Cc4ccccn4)Cc4ccccn4)nc3)n2)B(O)O1. The van der Waals surface area contributed by atoms with Crippen LogP contribution in [0.4, 0.5) is 5.95 Å². The van der Waals surface area contributed by atoms with Gasteiger partial charge in [-0.25, -0.2) is 5.10 Å². The van der Waals surface area contributed by atoms with Gasteiger partial charge in [0, 0.05) is 61.9 Å². The Labute approximate surface area is 252 Å². The number of rotatable bonds is 13. The van der Waals surface area contributed by atoms with E-state index in [1.807, 2.05) is 48.5 Å². The molecule has 0 aliphatic carbocycles. The van der Waals surface area contributed by atoms with Gasteiger partial charge in [-0.05, 0) is 48.7 Å². The molecule has 15 heteroatoms. The van der Waals surface area contributed by atoms with Crippen molar-refractivity contribution in [2.75, 3.05) is 5.32 Å². The molecule has 1 aliphatic rings. The van der Waals surface area contributed by atoms with Gasteiger partial charge < -0.3 is 19.6 Å². The number of nitrogens with one attached hydrogen (secondary N) is 2. The number of aromatic amines is 1. The Balaban J connectivity index is 1.12. The molecular weight excluding hydrogens is 571 g/mol. The van der Waals surface area contributed by atoms with Crippen LogP contribution in [0, 0.1) is 0 Å². The number of hydrogen-bond acceptors (Lipinski definition) is 12. The van der Waals surface area contributed by atoms with Crippen molar-refractivity contribution in [3.63, 3.8) is 0 Å². The third-order valence-corrected chi connectivity index (χ3v) is 7.82. The van der Waals surface area contributed by atoms with Crippen LogP contribution in [0.2, 0.25) is 0 Å². The number of hydrogen-bond donors (Lipinski definition) is 3. The minimum absolute atomic E-state index is 0.0943. The maximum atomic E-state index is 12.7. The lowest BCUT2D eigenvalue weighted by Gasteiger charge is -2.30. The van der Waals surface area contributed by atoms with E-state index in [9.17, 15) is 19.7 Å². The number of carbonyl (C=O) groups is 2. The molecule has 1 saturated heterocycles. The summed E-state index contributed by atoms with van der Waals surface area (Å²) in [5, 5.41) is 30.4. The minimum atomic E-state index is -1.22. The Kier molecular flexibility index (Phi) is 10.4. The molecule has 1 aliphatic heterocycles. The Morgan fingerprint density at radius 2 is 1.72 bits per heavy atom. The molecule has 0 unspecified atom stereocenters. The number of nitrogens with zero attached hydrogens (tertiary/aromatic N) is 6. The number of pyridine rings is 3. The fourth-order valence-electron chi connectivity index (χ4n) is 4.64. The Morgan fingerprint density at radius 1 is 1.02 bits per heavy atom. The summed E-state index contributed by atoms with van der Waals surface area (Å²) in [5.41, 5.74) is 3.50. The first kappa shape index (κ1) is 30.3. The van der Waals surface area contributed by atoms with Crippen molar-refractivity contribution >= 4 is 36.7 Å². The van der Waals surface area contributed by atoms with E-state index >= 15 is 0 Å². The standard InChI is InChI=1S/C28H31BN8O5S/c38-25(33-27-34-28(36-35-27)43-24-10-9-23(14-26(39)40)42-29(24)41)13-19-7-8-22(32-15-19)18-37(16-20-5-1-3-11-30-20)17-21-6-2-4-12-31-21/h1-8,11-12,15,23-24,41H,9-10,13-14,16-18H2,(H,39,40)(H2,33,34,35,36,38)/p-1/t23-,24-/m0/s1. The third-order valence-electron chi connectivity index (χ3n) is 6.66. The van der Waals surface area contributed by atoms with Crippen molar-refractivity contribution < 1.29 is 24.4 Å². The summed E-state index contributed by atoms with van der Waals surface area (Å²) >= 11 is 1.19. The zero-order valence-corrected chi connectivity index (χ0v) is 24.0. The third kappa shape index (κ3) is 9.41. The van der Waals surface area contributed by atoms with Gasteiger partial charge in [-0.3, -0.25) is 30.0 Å². The molecule has 5 rings (SSSR count). The topological polar surface area (TPSA) is 182 Å². The van der Waals surface area contributed by atoms with Crippen LogP contribution in [0.1, 0.15) is 41.9 Å². The van der Waals surface area contributed by atoms with Crippen LogP contribution in [-0.4, -0.2) is 70.3 Å². The van der Waals surface area contributed by atoms with Crippen LogP contribution in [0.25, 0.3) is 0 Å². The molecule has 0 aromatic carbocycles. The summed E-state index contributed by atoms with van der Waals surface area (Å²) in [6.45, 7) is 1.85. The van der Waals surface area contributed by atoms with E-state index in [0.29, 0.717) is 37.6 Å². The zero-order valence-electron chi connectivity index (χ0n) is 23.2. The molecule has 222 valence electrons. The van der Waals surface area contributed by atoms with Gasteiger partial charge in [0.15, 0.2) is 0 Å². The second kappa shape index (κ2) is 14.8. The monoisotopic (exact) mass is 601 g/mol. The molecule has 3 N–H and O–H groups in total. The van der Waals surface area contributed by atoms with E-state index in [4.69, 9.17) is 4.65 Å². The fourth-order valence-corrected chi connectivity index (χ4v) is 5.59. The molecule has 1 fully saturated rings. The second-order valence-electron chi connectivity index (χ2n) is 10.1. The average Bonchev–Trinajstić information content (AvgIpc) is 3.42. The van der Waals surface area contributed by atoms with Crippen LogP contribution in [0.15, 0.2) is 72.3 Å². The highest BCUT2D eigenvalue weighted by atomic mass is 32.2. The number of H-pyrrole nitrogens is 1. The number of carboxylic acids is 1. The van der Waals surface area contributed by atoms with Gasteiger partial charge in [-0.15, -0.1) is 5.10 Å². The molecule has 1 amide bonds. The Morgan fingerprint density at radius 3 is 2.30 bits per heavy atom. The van der Waals surface area contributed by atoms with Gasteiger partial charge in [0.2, 0.25) is 17.0 Å². The molecule has 2 atom stereocenters. The summed E-state index contributed by atoms with van der Waals surface area (Å²) in [6.07, 6.45) is 5.48. The number of aliphatic carboxylic acids is 1. The van der Waals surface area contributed by atoms with E-state index in [1.54, 1.807) is 18.6 Å². The largest absolute Gasteiger partial charge is 0.550 e. The normalized spacial score (nSPS) is 16.7. The first-order valence-electron chi connectivity index (χ1n) is 13.8. The van der Waals surface area contributed by atoms with Crippen LogP contribution >= 0.6 is 11.8 Å². The molecule has 5 heterocycles. The van der Waals surface area contributed by atoms with Crippen LogP contribution in [-0.2, 0) is 40.3 Å². The fraction of sp³-hybridized carbons (Fsp3) is 0.321. The predicted molar refractivity (Wildman–Crippen MR) is 156 cm³/mol. The average molecular weight is 601 g/mol. The summed E-state index contributed by atoms with van der Waals surface area (Å²) in [7, 11) is -1.16. The van der Waals surface area contributed by atoms with Gasteiger partial charge in [0.25, 0.3) is 0 Å². The minimum Gasteiger partial charge on any atom is -0.550 e. The second-order valence-corrected chi connectivity index (χ2v) is 11.3. The zero-order chi connectivity index (χ0) is 30.0. The first-order valence-corrected chi connectivity index (χ1v) is 14.7. The molecule has 4 aromatic rings. The molecule has 13 nitrogen and oxygen atoms in total. The van der Waals surface area contributed by atoms with Crippen molar-refractivity contribution in [1.82, 2.24) is 35.0 Å². The Bertz CT molecular complexity index is 1440. The number of aromatic nitrogens is 6. The summed E-state index contributed by atoms with van der Waals surface area (Å²) < 4.78 is 5.37. The molecule has 4 aromatic heterocycles. The number of carboxylic acid groups (broad SMARTS) is 1. The lowest BCUT2D eigenvalue weighted by molar-refractivity contribution is -0.307. The van der Waals surface area contributed by atoms with Gasteiger partial charge in [0.1, 0.15) is 0 Å². The summed E-state index contributed by atoms with van der Waals surface area (Å²) in [4.78, 5) is 43.4. The number of amides is 1. The van der Waals surface area contributed by atoms with E-state index in [2.05, 4.69) is 40.3 Å². The van der Waals surface area contributed by atoms with Crippen LogP contribution in [0.5, 0.6) is 0 Å². The van der Waals surface area contributed by atoms with Crippen molar-refractivity contribution in [3.05, 3.63) is 89.8 Å². The molecular formula is C28H30BN8O5S-. The maximum Gasteiger partial charge on any atom is 0.468 e. The first-order chi connectivity index (χ1) is 20.9. The summed E-state index contributed by atoms with van der Waals surface area (Å²) in [6, 6.07) is 15.5. The lowest BCUT2D eigenvalue weighted by atomic mass is 9.77. The molecule has 43 heavy (non-hydrogen) atoms. The number of anilines is 1. The smallest absolute Gasteiger partial charge is 0.468 e. The van der Waals surface area contributed by atoms with Gasteiger partial charge in [-0.1, -0.05) is 30.0 Å². The quantitative estimate of drug-likeness (QED) is 0.186. The van der Waals surface area contributed by atoms with E-state index in [1.165, 1.54) is 11.8 Å². The van der Waals surface area contributed by atoms with E-state index < -0.39 is 19.2 Å². The van der Waals surface area contributed by atoms with Crippen LogP contribution in [0.3, 0.4) is 0 Å². The molecule has 0 radical (unpaired) electrons. The highest BCUT2D eigenvalue weighted by Gasteiger charge is 2.36. The van der Waals surface area contributed by atoms with E-state index in [0.717, 1.165) is 22.6 Å². The van der Waals surface area contributed by atoms with Crippen molar-refractivity contribution in [2.45, 2.75) is 61.7 Å². The van der Waals surface area contributed by atoms with Gasteiger partial charge >= 0.3 is 7.12 Å².